The predicted molar refractivity (Wildman–Crippen MR) is 124 cm³/mol. The number of fused-ring (bicyclic) bond motifs is 1. The fraction of sp³-hybridized carbons (Fsp3) is 0.455. The monoisotopic (exact) mass is 545 g/mol. The van der Waals surface area contributed by atoms with Crippen molar-refractivity contribution in [3.05, 3.63) is 53.0 Å². The molecule has 194 valence electrons. The van der Waals surface area contributed by atoms with Gasteiger partial charge in [0.15, 0.2) is 5.13 Å². The molecule has 3 aromatic rings. The number of sulfonamides is 1. The minimum atomic E-state index is -4.32. The van der Waals surface area contributed by atoms with Gasteiger partial charge in [0.1, 0.15) is 16.5 Å². The summed E-state index contributed by atoms with van der Waals surface area (Å²) in [6.45, 7) is 0.345. The van der Waals surface area contributed by atoms with Crippen LogP contribution in [0.15, 0.2) is 40.9 Å². The van der Waals surface area contributed by atoms with Gasteiger partial charge < -0.3 is 4.74 Å². The SMILES string of the molecule is Cn1nccc1[C@@H]1CC(C(F)(F)F)CCN1[C@@H]1CCOc2cc(S(=O)(=O)Nc3nccs3)c(F)cc21. The van der Waals surface area contributed by atoms with Crippen LogP contribution in [0.4, 0.5) is 22.7 Å². The lowest BCUT2D eigenvalue weighted by Gasteiger charge is -2.45. The molecule has 0 radical (unpaired) electrons. The molecule has 4 heterocycles. The van der Waals surface area contributed by atoms with Crippen LogP contribution in [-0.4, -0.2) is 47.4 Å². The summed E-state index contributed by atoms with van der Waals surface area (Å²) in [7, 11) is -2.60. The van der Waals surface area contributed by atoms with Crippen LogP contribution in [0.5, 0.6) is 5.75 Å². The van der Waals surface area contributed by atoms with Gasteiger partial charge in [-0.1, -0.05) is 0 Å². The van der Waals surface area contributed by atoms with Gasteiger partial charge in [-0.05, 0) is 25.0 Å². The Morgan fingerprint density at radius 2 is 2.00 bits per heavy atom. The second-order valence-corrected chi connectivity index (χ2v) is 11.4. The standard InChI is InChI=1S/C22H23F4N5O3S2/c1-30-17(2-5-28-30)18-10-13(22(24,25)26)3-7-31(18)16-4-8-34-19-12-20(15(23)11-14(16)19)36(32,33)29-21-27-6-9-35-21/h2,5-6,9,11-13,16,18H,3-4,7-8,10H2,1H3,(H,27,29)/t13?,16-,18+/m1/s1. The first-order valence-corrected chi connectivity index (χ1v) is 13.6. The van der Waals surface area contributed by atoms with E-state index in [4.69, 9.17) is 4.74 Å². The summed E-state index contributed by atoms with van der Waals surface area (Å²) < 4.78 is 91.2. The number of hydrogen-bond donors (Lipinski definition) is 1. The number of benzene rings is 1. The van der Waals surface area contributed by atoms with Crippen LogP contribution in [0.2, 0.25) is 0 Å². The zero-order valence-electron chi connectivity index (χ0n) is 19.1. The number of anilines is 1. The topological polar surface area (TPSA) is 89.4 Å². The average Bonchev–Trinajstić information content (AvgIpc) is 3.48. The third kappa shape index (κ3) is 4.68. The molecule has 1 fully saturated rings. The number of alkyl halides is 3. The molecule has 0 aliphatic carbocycles. The Labute approximate surface area is 208 Å². The maximum Gasteiger partial charge on any atom is 0.391 e. The molecule has 2 aliphatic heterocycles. The van der Waals surface area contributed by atoms with Crippen molar-refractivity contribution < 1.29 is 30.7 Å². The largest absolute Gasteiger partial charge is 0.493 e. The first-order valence-electron chi connectivity index (χ1n) is 11.2. The van der Waals surface area contributed by atoms with E-state index in [0.29, 0.717) is 17.7 Å². The quantitative estimate of drug-likeness (QED) is 0.470. The van der Waals surface area contributed by atoms with Crippen LogP contribution < -0.4 is 9.46 Å². The van der Waals surface area contributed by atoms with E-state index in [1.165, 1.54) is 12.4 Å². The molecule has 1 unspecified atom stereocenters. The molecule has 0 bridgehead atoms. The number of nitrogens with zero attached hydrogens (tertiary/aromatic N) is 4. The Bertz CT molecular complexity index is 1340. The third-order valence-corrected chi connectivity index (χ3v) is 8.89. The summed E-state index contributed by atoms with van der Waals surface area (Å²) in [5.74, 6) is -2.25. The fourth-order valence-corrected chi connectivity index (χ4v) is 6.89. The van der Waals surface area contributed by atoms with E-state index in [2.05, 4.69) is 14.8 Å². The van der Waals surface area contributed by atoms with Crippen LogP contribution in [0.25, 0.3) is 0 Å². The normalized spacial score (nSPS) is 23.2. The summed E-state index contributed by atoms with van der Waals surface area (Å²) >= 11 is 1.05. The number of aryl methyl sites for hydroxylation is 1. The number of likely N-dealkylation sites (tertiary alicyclic amines) is 1. The smallest absolute Gasteiger partial charge is 0.391 e. The van der Waals surface area contributed by atoms with Crippen molar-refractivity contribution in [2.45, 2.75) is 42.4 Å². The highest BCUT2D eigenvalue weighted by Gasteiger charge is 2.47. The molecular formula is C22H23F4N5O3S2. The van der Waals surface area contributed by atoms with Gasteiger partial charge in [-0.25, -0.2) is 17.8 Å². The van der Waals surface area contributed by atoms with Crippen LogP contribution in [0.3, 0.4) is 0 Å². The Morgan fingerprint density at radius 3 is 2.67 bits per heavy atom. The van der Waals surface area contributed by atoms with Crippen molar-refractivity contribution >= 4 is 26.5 Å². The first kappa shape index (κ1) is 25.0. The summed E-state index contributed by atoms with van der Waals surface area (Å²) in [5, 5.41) is 5.81. The Kier molecular flexibility index (Phi) is 6.45. The van der Waals surface area contributed by atoms with E-state index in [9.17, 15) is 21.6 Å². The highest BCUT2D eigenvalue weighted by atomic mass is 32.2. The molecule has 8 nitrogen and oxygen atoms in total. The van der Waals surface area contributed by atoms with Crippen LogP contribution >= 0.6 is 11.3 Å². The maximum atomic E-state index is 15.2. The number of halogens is 4. The van der Waals surface area contributed by atoms with Crippen molar-refractivity contribution in [2.24, 2.45) is 13.0 Å². The molecule has 5 rings (SSSR count). The number of aromatic nitrogens is 3. The van der Waals surface area contributed by atoms with Gasteiger partial charge in [0.05, 0.1) is 24.3 Å². The molecule has 0 saturated carbocycles. The van der Waals surface area contributed by atoms with E-state index >= 15 is 4.39 Å². The molecule has 1 N–H and O–H groups in total. The molecule has 2 aliphatic rings. The number of rotatable bonds is 5. The summed E-state index contributed by atoms with van der Waals surface area (Å²) in [5.41, 5.74) is 1.04. The molecule has 0 amide bonds. The second-order valence-electron chi connectivity index (χ2n) is 8.81. The minimum absolute atomic E-state index is 0.0861. The van der Waals surface area contributed by atoms with Crippen molar-refractivity contribution in [1.29, 1.82) is 0 Å². The predicted octanol–water partition coefficient (Wildman–Crippen LogP) is 4.66. The van der Waals surface area contributed by atoms with Crippen molar-refractivity contribution in [1.82, 2.24) is 19.7 Å². The lowest BCUT2D eigenvalue weighted by molar-refractivity contribution is -0.192. The zero-order valence-corrected chi connectivity index (χ0v) is 20.7. The number of piperidine rings is 1. The van der Waals surface area contributed by atoms with Crippen LogP contribution in [0.1, 0.15) is 42.6 Å². The minimum Gasteiger partial charge on any atom is -0.493 e. The zero-order chi connectivity index (χ0) is 25.7. The molecule has 36 heavy (non-hydrogen) atoms. The maximum absolute atomic E-state index is 15.2. The van der Waals surface area contributed by atoms with Gasteiger partial charge in [-0.3, -0.25) is 14.3 Å². The van der Waals surface area contributed by atoms with Crippen LogP contribution in [0, 0.1) is 11.7 Å². The number of thiazole rings is 1. The molecule has 3 atom stereocenters. The van der Waals surface area contributed by atoms with Gasteiger partial charge in [0.25, 0.3) is 10.0 Å². The number of nitrogens with one attached hydrogen (secondary N) is 1. The molecular weight excluding hydrogens is 522 g/mol. The first-order chi connectivity index (χ1) is 17.0. The Balaban J connectivity index is 1.50. The second kappa shape index (κ2) is 9.30. The molecule has 0 spiro atoms. The highest BCUT2D eigenvalue weighted by molar-refractivity contribution is 7.93. The third-order valence-electron chi connectivity index (χ3n) is 6.72. The van der Waals surface area contributed by atoms with E-state index in [-0.39, 0.29) is 36.9 Å². The lowest BCUT2D eigenvalue weighted by atomic mass is 9.85. The highest BCUT2D eigenvalue weighted by Crippen LogP contribution is 2.48. The molecule has 1 saturated heterocycles. The van der Waals surface area contributed by atoms with Gasteiger partial charge >= 0.3 is 6.18 Å². The van der Waals surface area contributed by atoms with Crippen molar-refractivity contribution in [3.63, 3.8) is 0 Å². The molecule has 1 aromatic carbocycles. The lowest BCUT2D eigenvalue weighted by Crippen LogP contribution is -2.44. The fourth-order valence-electron chi connectivity index (χ4n) is 5.02. The van der Waals surface area contributed by atoms with Gasteiger partial charge in [-0.15, -0.1) is 11.3 Å². The van der Waals surface area contributed by atoms with E-state index < -0.39 is 44.9 Å². The summed E-state index contributed by atoms with van der Waals surface area (Å²) in [4.78, 5) is 5.21. The summed E-state index contributed by atoms with van der Waals surface area (Å²) in [6.07, 6.45) is -1.19. The Hall–Kier alpha value is -2.71. The summed E-state index contributed by atoms with van der Waals surface area (Å²) in [6, 6.07) is 2.88. The average molecular weight is 546 g/mol. The Morgan fingerprint density at radius 1 is 1.19 bits per heavy atom. The van der Waals surface area contributed by atoms with E-state index in [0.717, 1.165) is 23.5 Å². The molecule has 14 heteroatoms. The van der Waals surface area contributed by atoms with E-state index in [1.54, 1.807) is 23.2 Å². The van der Waals surface area contributed by atoms with Crippen molar-refractivity contribution in [2.75, 3.05) is 17.9 Å². The number of hydrogen-bond acceptors (Lipinski definition) is 7. The van der Waals surface area contributed by atoms with E-state index in [1.807, 2.05) is 4.90 Å². The molecule has 2 aromatic heterocycles. The van der Waals surface area contributed by atoms with Gasteiger partial charge in [0.2, 0.25) is 0 Å². The van der Waals surface area contributed by atoms with Gasteiger partial charge in [0, 0.05) is 55.5 Å². The van der Waals surface area contributed by atoms with Crippen molar-refractivity contribution in [3.8, 4) is 5.75 Å². The van der Waals surface area contributed by atoms with Crippen LogP contribution in [-0.2, 0) is 17.1 Å². The van der Waals surface area contributed by atoms with Gasteiger partial charge in [-0.2, -0.15) is 18.3 Å². The number of ether oxygens (including phenoxy) is 1.